The first kappa shape index (κ1) is 21.3. The van der Waals surface area contributed by atoms with Gasteiger partial charge in [0, 0.05) is 12.5 Å². The summed E-state index contributed by atoms with van der Waals surface area (Å²) in [6, 6.07) is 10.2. The lowest BCUT2D eigenvalue weighted by Crippen LogP contribution is -2.36. The number of benzene rings is 1. The van der Waals surface area contributed by atoms with Crippen molar-refractivity contribution < 1.29 is 19.8 Å². The number of aliphatic carboxylic acids is 1. The summed E-state index contributed by atoms with van der Waals surface area (Å²) in [6.07, 6.45) is 6.18. The fraction of sp³-hybridized carbons (Fsp3) is 0.458. The van der Waals surface area contributed by atoms with Gasteiger partial charge in [-0.3, -0.25) is 19.9 Å². The fourth-order valence-corrected chi connectivity index (χ4v) is 4.34. The number of aliphatic imine (C=N–C) groups is 1. The number of nitrogens with zero attached hydrogens (tertiary/aromatic N) is 1. The Hall–Kier alpha value is -2.93. The minimum Gasteiger partial charge on any atom is -0.507 e. The normalized spacial score (nSPS) is 23.4. The van der Waals surface area contributed by atoms with Gasteiger partial charge in [0.1, 0.15) is 17.5 Å². The Kier molecular flexibility index (Phi) is 6.51. The van der Waals surface area contributed by atoms with Crippen molar-refractivity contribution in [2.45, 2.75) is 44.7 Å². The van der Waals surface area contributed by atoms with Gasteiger partial charge in [0.25, 0.3) is 5.91 Å². The quantitative estimate of drug-likeness (QED) is 0.514. The molecule has 1 heterocycles. The molecular formula is C24H29N3O4. The van der Waals surface area contributed by atoms with Gasteiger partial charge in [-0.05, 0) is 56.2 Å². The van der Waals surface area contributed by atoms with E-state index in [1.165, 1.54) is 5.56 Å². The molecule has 164 valence electrons. The standard InChI is InChI=1S/C24H29N3O4/c28-19-14-17(7-6-15-4-2-1-3-5-15)18-10-12-25-23(16-8-9-16)27-22(18)21(19)24(31)26-13-11-20(29)30/h1-5,14,16,18,23,25,28H,6-13H2,(H,26,31)(H,29,30). The molecule has 7 heteroatoms. The van der Waals surface area contributed by atoms with Gasteiger partial charge in [-0.1, -0.05) is 35.9 Å². The van der Waals surface area contributed by atoms with Gasteiger partial charge in [-0.15, -0.1) is 0 Å². The van der Waals surface area contributed by atoms with E-state index in [4.69, 9.17) is 10.1 Å². The Bertz CT molecular complexity index is 931. The number of allylic oxidation sites excluding steroid dienone is 2. The van der Waals surface area contributed by atoms with Crippen LogP contribution in [-0.2, 0) is 16.0 Å². The van der Waals surface area contributed by atoms with Crippen molar-refractivity contribution in [2.75, 3.05) is 13.1 Å². The van der Waals surface area contributed by atoms with Crippen molar-refractivity contribution in [3.8, 4) is 0 Å². The predicted octanol–water partition coefficient (Wildman–Crippen LogP) is 2.75. The Morgan fingerprint density at radius 2 is 1.90 bits per heavy atom. The zero-order valence-electron chi connectivity index (χ0n) is 17.5. The van der Waals surface area contributed by atoms with Gasteiger partial charge in [-0.25, -0.2) is 0 Å². The van der Waals surface area contributed by atoms with Crippen LogP contribution in [0.2, 0.25) is 0 Å². The van der Waals surface area contributed by atoms with Crippen molar-refractivity contribution in [2.24, 2.45) is 16.8 Å². The number of aryl methyl sites for hydroxylation is 1. The smallest absolute Gasteiger partial charge is 0.305 e. The van der Waals surface area contributed by atoms with Crippen LogP contribution in [0.1, 0.15) is 37.7 Å². The summed E-state index contributed by atoms with van der Waals surface area (Å²) in [6.45, 7) is 0.813. The minimum atomic E-state index is -0.979. The van der Waals surface area contributed by atoms with Crippen molar-refractivity contribution in [3.63, 3.8) is 0 Å². The van der Waals surface area contributed by atoms with Crippen LogP contribution in [0.5, 0.6) is 0 Å². The minimum absolute atomic E-state index is 0.0117. The molecule has 0 spiro atoms. The SMILES string of the molecule is O=C(O)CCNC(=O)C1=C(O)C=C(CCc2ccccc2)C2CCNC(C3CC3)N=C12. The first-order valence-electron chi connectivity index (χ1n) is 11.0. The summed E-state index contributed by atoms with van der Waals surface area (Å²) in [4.78, 5) is 28.6. The number of hydrogen-bond acceptors (Lipinski definition) is 5. The second-order valence-electron chi connectivity index (χ2n) is 8.46. The van der Waals surface area contributed by atoms with Gasteiger partial charge in [0.05, 0.1) is 12.1 Å². The molecule has 2 unspecified atom stereocenters. The number of carbonyl (C=O) groups excluding carboxylic acids is 1. The van der Waals surface area contributed by atoms with Crippen LogP contribution in [0, 0.1) is 11.8 Å². The maximum Gasteiger partial charge on any atom is 0.305 e. The summed E-state index contributed by atoms with van der Waals surface area (Å²) in [5, 5.41) is 25.8. The number of aliphatic hydroxyl groups excluding tert-OH is 1. The second-order valence-corrected chi connectivity index (χ2v) is 8.46. The molecule has 1 aromatic carbocycles. The number of carbonyl (C=O) groups is 2. The summed E-state index contributed by atoms with van der Waals surface area (Å²) >= 11 is 0. The predicted molar refractivity (Wildman–Crippen MR) is 118 cm³/mol. The number of fused-ring (bicyclic) bond motifs is 1. The number of nitrogens with one attached hydrogen (secondary N) is 2. The summed E-state index contributed by atoms with van der Waals surface area (Å²) in [7, 11) is 0. The van der Waals surface area contributed by atoms with E-state index in [1.54, 1.807) is 6.08 Å². The molecule has 1 aromatic rings. The van der Waals surface area contributed by atoms with E-state index < -0.39 is 11.9 Å². The summed E-state index contributed by atoms with van der Waals surface area (Å²) in [5.74, 6) is -1.08. The molecule has 2 aliphatic carbocycles. The number of carboxylic acid groups (broad SMARTS) is 1. The molecule has 0 aromatic heterocycles. The van der Waals surface area contributed by atoms with Gasteiger partial charge >= 0.3 is 5.97 Å². The molecule has 7 nitrogen and oxygen atoms in total. The molecule has 4 N–H and O–H groups in total. The monoisotopic (exact) mass is 423 g/mol. The van der Waals surface area contributed by atoms with Gasteiger partial charge in [0.2, 0.25) is 0 Å². The topological polar surface area (TPSA) is 111 Å². The third kappa shape index (κ3) is 5.22. The molecular weight excluding hydrogens is 394 g/mol. The van der Waals surface area contributed by atoms with Crippen LogP contribution in [-0.4, -0.2) is 47.1 Å². The fourth-order valence-electron chi connectivity index (χ4n) is 4.34. The molecule has 4 rings (SSSR count). The lowest BCUT2D eigenvalue weighted by atomic mass is 9.79. The van der Waals surface area contributed by atoms with Crippen LogP contribution < -0.4 is 10.6 Å². The molecule has 3 aliphatic rings. The third-order valence-electron chi connectivity index (χ3n) is 6.14. The van der Waals surface area contributed by atoms with Gasteiger partial charge < -0.3 is 15.5 Å². The highest BCUT2D eigenvalue weighted by atomic mass is 16.4. The zero-order valence-corrected chi connectivity index (χ0v) is 17.5. The second kappa shape index (κ2) is 9.47. The van der Waals surface area contributed by atoms with E-state index in [-0.39, 0.29) is 36.4 Å². The third-order valence-corrected chi connectivity index (χ3v) is 6.14. The van der Waals surface area contributed by atoms with Crippen LogP contribution in [0.3, 0.4) is 0 Å². The van der Waals surface area contributed by atoms with E-state index in [2.05, 4.69) is 22.8 Å². The molecule has 0 radical (unpaired) electrons. The Balaban J connectivity index is 1.61. The molecule has 2 atom stereocenters. The summed E-state index contributed by atoms with van der Waals surface area (Å²) in [5.41, 5.74) is 3.14. The highest BCUT2D eigenvalue weighted by molar-refractivity contribution is 6.24. The average molecular weight is 424 g/mol. The van der Waals surface area contributed by atoms with Gasteiger partial charge in [-0.2, -0.15) is 0 Å². The average Bonchev–Trinajstić information content (AvgIpc) is 3.59. The Morgan fingerprint density at radius 3 is 2.61 bits per heavy atom. The van der Waals surface area contributed by atoms with Crippen molar-refractivity contribution in [3.05, 3.63) is 58.9 Å². The molecule has 1 aliphatic heterocycles. The number of hydrogen-bond donors (Lipinski definition) is 4. The van der Waals surface area contributed by atoms with E-state index in [9.17, 15) is 14.7 Å². The number of aliphatic hydroxyl groups is 1. The van der Waals surface area contributed by atoms with Crippen molar-refractivity contribution in [1.82, 2.24) is 10.6 Å². The number of amides is 1. The van der Waals surface area contributed by atoms with E-state index in [0.717, 1.165) is 44.2 Å². The van der Waals surface area contributed by atoms with Crippen molar-refractivity contribution >= 4 is 17.6 Å². The molecule has 1 fully saturated rings. The van der Waals surface area contributed by atoms with Gasteiger partial charge in [0.15, 0.2) is 0 Å². The van der Waals surface area contributed by atoms with Crippen molar-refractivity contribution in [1.29, 1.82) is 0 Å². The molecule has 1 saturated carbocycles. The lowest BCUT2D eigenvalue weighted by molar-refractivity contribution is -0.136. The lowest BCUT2D eigenvalue weighted by Gasteiger charge is -2.27. The summed E-state index contributed by atoms with van der Waals surface area (Å²) < 4.78 is 0. The maximum absolute atomic E-state index is 12.9. The zero-order chi connectivity index (χ0) is 21.8. The number of carboxylic acids is 1. The van der Waals surface area contributed by atoms with E-state index in [1.807, 2.05) is 18.2 Å². The highest BCUT2D eigenvalue weighted by Gasteiger charge is 2.38. The molecule has 1 amide bonds. The van der Waals surface area contributed by atoms with Crippen LogP contribution in [0.15, 0.2) is 58.3 Å². The maximum atomic E-state index is 12.9. The molecule has 0 bridgehead atoms. The highest BCUT2D eigenvalue weighted by Crippen LogP contribution is 2.38. The van der Waals surface area contributed by atoms with E-state index in [0.29, 0.717) is 11.6 Å². The Labute approximate surface area is 182 Å². The Morgan fingerprint density at radius 1 is 1.13 bits per heavy atom. The van der Waals surface area contributed by atoms with Crippen LogP contribution in [0.25, 0.3) is 0 Å². The van der Waals surface area contributed by atoms with Crippen LogP contribution >= 0.6 is 0 Å². The largest absolute Gasteiger partial charge is 0.507 e. The molecule has 0 saturated heterocycles. The molecule has 31 heavy (non-hydrogen) atoms. The first-order chi connectivity index (χ1) is 15.0. The van der Waals surface area contributed by atoms with E-state index >= 15 is 0 Å². The first-order valence-corrected chi connectivity index (χ1v) is 11.0. The number of rotatable bonds is 8. The van der Waals surface area contributed by atoms with Crippen LogP contribution in [0.4, 0.5) is 0 Å².